The Hall–Kier alpha value is -2.00. The summed E-state index contributed by atoms with van der Waals surface area (Å²) in [5, 5.41) is 15.1. The smallest absolute Gasteiger partial charge is 0.312 e. The molecular weight excluding hydrogens is 292 g/mol. The van der Waals surface area contributed by atoms with Gasteiger partial charge in [0.2, 0.25) is 5.91 Å². The van der Waals surface area contributed by atoms with Crippen LogP contribution in [0.4, 0.5) is 5.69 Å². The number of aromatic nitrogens is 2. The highest BCUT2D eigenvalue weighted by molar-refractivity contribution is 5.76. The Morgan fingerprint density at radius 3 is 2.23 bits per heavy atom. The number of ether oxygens (including phenoxy) is 2. The van der Waals surface area contributed by atoms with E-state index in [9.17, 15) is 14.9 Å². The zero-order valence-electron chi connectivity index (χ0n) is 13.4. The molecule has 0 spiro atoms. The van der Waals surface area contributed by atoms with Crippen molar-refractivity contribution in [2.75, 3.05) is 40.5 Å². The van der Waals surface area contributed by atoms with Crippen LogP contribution in [0, 0.1) is 24.0 Å². The summed E-state index contributed by atoms with van der Waals surface area (Å²) in [7, 11) is 3.12. The first-order valence-corrected chi connectivity index (χ1v) is 6.86. The van der Waals surface area contributed by atoms with Crippen molar-refractivity contribution < 1.29 is 19.2 Å². The van der Waals surface area contributed by atoms with Crippen LogP contribution in [-0.4, -0.2) is 66.0 Å². The van der Waals surface area contributed by atoms with Gasteiger partial charge in [0, 0.05) is 27.3 Å². The second-order valence-corrected chi connectivity index (χ2v) is 4.80. The third kappa shape index (κ3) is 4.50. The monoisotopic (exact) mass is 314 g/mol. The molecule has 0 aromatic carbocycles. The Bertz CT molecular complexity index is 521. The largest absolute Gasteiger partial charge is 0.383 e. The molecule has 22 heavy (non-hydrogen) atoms. The highest BCUT2D eigenvalue weighted by Gasteiger charge is 2.24. The predicted octanol–water partition coefficient (Wildman–Crippen LogP) is 0.530. The van der Waals surface area contributed by atoms with Crippen LogP contribution < -0.4 is 0 Å². The van der Waals surface area contributed by atoms with E-state index in [4.69, 9.17) is 9.47 Å². The summed E-state index contributed by atoms with van der Waals surface area (Å²) in [6, 6.07) is 0. The van der Waals surface area contributed by atoms with Gasteiger partial charge in [-0.15, -0.1) is 0 Å². The van der Waals surface area contributed by atoms with Crippen LogP contribution in [0.2, 0.25) is 0 Å². The maximum atomic E-state index is 12.4. The maximum absolute atomic E-state index is 12.4. The summed E-state index contributed by atoms with van der Waals surface area (Å²) < 4.78 is 11.3. The minimum atomic E-state index is -0.480. The van der Waals surface area contributed by atoms with E-state index in [-0.39, 0.29) is 18.1 Å². The van der Waals surface area contributed by atoms with Crippen LogP contribution in [0.3, 0.4) is 0 Å². The molecule has 0 aliphatic heterocycles. The zero-order valence-corrected chi connectivity index (χ0v) is 13.4. The Balaban J connectivity index is 2.84. The van der Waals surface area contributed by atoms with Crippen LogP contribution in [0.5, 0.6) is 0 Å². The second-order valence-electron chi connectivity index (χ2n) is 4.80. The topological polar surface area (TPSA) is 99.7 Å². The van der Waals surface area contributed by atoms with Gasteiger partial charge >= 0.3 is 5.69 Å². The Labute approximate surface area is 128 Å². The van der Waals surface area contributed by atoms with Gasteiger partial charge in [-0.3, -0.25) is 19.6 Å². The molecule has 0 aliphatic carbocycles. The van der Waals surface area contributed by atoms with Crippen molar-refractivity contribution in [1.29, 1.82) is 0 Å². The van der Waals surface area contributed by atoms with Crippen LogP contribution in [0.15, 0.2) is 0 Å². The van der Waals surface area contributed by atoms with E-state index < -0.39 is 4.92 Å². The molecular formula is C13H22N4O5. The summed E-state index contributed by atoms with van der Waals surface area (Å²) in [6.07, 6.45) is 0. The fraction of sp³-hybridized carbons (Fsp3) is 0.692. The Morgan fingerprint density at radius 2 is 1.82 bits per heavy atom. The molecule has 1 rings (SSSR count). The fourth-order valence-corrected chi connectivity index (χ4v) is 2.10. The van der Waals surface area contributed by atoms with Crippen molar-refractivity contribution in [2.45, 2.75) is 20.4 Å². The van der Waals surface area contributed by atoms with Crippen LogP contribution in [0.25, 0.3) is 0 Å². The van der Waals surface area contributed by atoms with E-state index in [2.05, 4.69) is 5.10 Å². The lowest BCUT2D eigenvalue weighted by Crippen LogP contribution is -2.38. The third-order valence-electron chi connectivity index (χ3n) is 3.29. The first-order valence-electron chi connectivity index (χ1n) is 6.86. The van der Waals surface area contributed by atoms with Gasteiger partial charge in [0.1, 0.15) is 17.9 Å². The molecule has 9 nitrogen and oxygen atoms in total. The second kappa shape index (κ2) is 8.44. The first kappa shape index (κ1) is 18.1. The van der Waals surface area contributed by atoms with Gasteiger partial charge in [-0.05, 0) is 13.8 Å². The highest BCUT2D eigenvalue weighted by atomic mass is 16.6. The molecule has 0 fully saturated rings. The van der Waals surface area contributed by atoms with E-state index in [1.807, 2.05) is 0 Å². The summed E-state index contributed by atoms with van der Waals surface area (Å²) in [5.74, 6) is -0.186. The predicted molar refractivity (Wildman–Crippen MR) is 78.7 cm³/mol. The lowest BCUT2D eigenvalue weighted by atomic mass is 10.3. The zero-order chi connectivity index (χ0) is 16.7. The summed E-state index contributed by atoms with van der Waals surface area (Å²) in [6.45, 7) is 4.77. The van der Waals surface area contributed by atoms with Gasteiger partial charge in [0.15, 0.2) is 0 Å². The minimum absolute atomic E-state index is 0.0477. The summed E-state index contributed by atoms with van der Waals surface area (Å²) in [4.78, 5) is 24.4. The van der Waals surface area contributed by atoms with Gasteiger partial charge < -0.3 is 14.4 Å². The van der Waals surface area contributed by atoms with Crippen molar-refractivity contribution in [3.05, 3.63) is 21.5 Å². The van der Waals surface area contributed by atoms with Crippen molar-refractivity contribution in [3.8, 4) is 0 Å². The number of rotatable bonds is 9. The SMILES string of the molecule is COCCN(CCOC)C(=O)Cn1nc(C)c([N+](=O)[O-])c1C. The van der Waals surface area contributed by atoms with Crippen LogP contribution >= 0.6 is 0 Å². The highest BCUT2D eigenvalue weighted by Crippen LogP contribution is 2.21. The Morgan fingerprint density at radius 1 is 1.27 bits per heavy atom. The van der Waals surface area contributed by atoms with Gasteiger partial charge in [0.25, 0.3) is 0 Å². The summed E-state index contributed by atoms with van der Waals surface area (Å²) >= 11 is 0. The van der Waals surface area contributed by atoms with E-state index >= 15 is 0 Å². The van der Waals surface area contributed by atoms with E-state index in [1.165, 1.54) is 4.68 Å². The van der Waals surface area contributed by atoms with E-state index in [0.717, 1.165) is 0 Å². The van der Waals surface area contributed by atoms with Gasteiger partial charge in [-0.2, -0.15) is 5.10 Å². The molecule has 0 N–H and O–H groups in total. The number of hydrogen-bond acceptors (Lipinski definition) is 6. The number of methoxy groups -OCH3 is 2. The molecule has 9 heteroatoms. The maximum Gasteiger partial charge on any atom is 0.312 e. The van der Waals surface area contributed by atoms with Crippen molar-refractivity contribution in [2.24, 2.45) is 0 Å². The van der Waals surface area contributed by atoms with Gasteiger partial charge in [0.05, 0.1) is 18.1 Å². The first-order chi connectivity index (χ1) is 10.4. The molecule has 0 saturated heterocycles. The fourth-order valence-electron chi connectivity index (χ4n) is 2.10. The number of aryl methyl sites for hydroxylation is 1. The molecule has 124 valence electrons. The normalized spacial score (nSPS) is 10.7. The lowest BCUT2D eigenvalue weighted by molar-refractivity contribution is -0.386. The average Bonchev–Trinajstić information content (AvgIpc) is 2.73. The summed E-state index contributed by atoms with van der Waals surface area (Å²) in [5.41, 5.74) is 0.623. The molecule has 1 amide bonds. The Kier molecular flexibility index (Phi) is 6.93. The van der Waals surface area contributed by atoms with Crippen LogP contribution in [0.1, 0.15) is 11.4 Å². The average molecular weight is 314 g/mol. The van der Waals surface area contributed by atoms with Crippen molar-refractivity contribution in [3.63, 3.8) is 0 Å². The van der Waals surface area contributed by atoms with E-state index in [0.29, 0.717) is 37.7 Å². The molecule has 1 aromatic heterocycles. The number of carbonyl (C=O) groups excluding carboxylic acids is 1. The van der Waals surface area contributed by atoms with E-state index in [1.54, 1.807) is 33.0 Å². The molecule has 1 heterocycles. The lowest BCUT2D eigenvalue weighted by Gasteiger charge is -2.22. The standard InChI is InChI=1S/C13H22N4O5/c1-10-13(17(19)20)11(2)16(14-10)9-12(18)15(5-7-21-3)6-8-22-4/h5-9H2,1-4H3. The molecule has 1 aromatic rings. The molecule has 0 saturated carbocycles. The molecule has 0 bridgehead atoms. The van der Waals surface area contributed by atoms with Crippen molar-refractivity contribution in [1.82, 2.24) is 14.7 Å². The number of nitro groups is 1. The molecule has 0 atom stereocenters. The van der Waals surface area contributed by atoms with Gasteiger partial charge in [-0.1, -0.05) is 0 Å². The quantitative estimate of drug-likeness (QED) is 0.487. The number of carbonyl (C=O) groups is 1. The van der Waals surface area contributed by atoms with Gasteiger partial charge in [-0.25, -0.2) is 0 Å². The minimum Gasteiger partial charge on any atom is -0.383 e. The third-order valence-corrected chi connectivity index (χ3v) is 3.29. The molecule has 0 radical (unpaired) electrons. The number of nitrogens with zero attached hydrogens (tertiary/aromatic N) is 4. The van der Waals surface area contributed by atoms with Crippen LogP contribution in [-0.2, 0) is 20.8 Å². The molecule has 0 unspecified atom stereocenters. The molecule has 0 aliphatic rings. The number of amides is 1. The van der Waals surface area contributed by atoms with Crippen molar-refractivity contribution >= 4 is 11.6 Å². The number of hydrogen-bond donors (Lipinski definition) is 0.